The van der Waals surface area contributed by atoms with Crippen LogP contribution in [0.3, 0.4) is 0 Å². The number of carbonyl (C=O) groups is 1. The first-order chi connectivity index (χ1) is 11.7. The quantitative estimate of drug-likeness (QED) is 0.858. The molecule has 25 heavy (non-hydrogen) atoms. The lowest BCUT2D eigenvalue weighted by molar-refractivity contribution is -0.137. The summed E-state index contributed by atoms with van der Waals surface area (Å²) in [5, 5.41) is 4.71. The van der Waals surface area contributed by atoms with Crippen molar-refractivity contribution >= 4 is 29.2 Å². The summed E-state index contributed by atoms with van der Waals surface area (Å²) < 4.78 is 0. The molecular formula is C20H28ClN3O. The summed E-state index contributed by atoms with van der Waals surface area (Å²) >= 11 is 0. The molecule has 3 heterocycles. The Kier molecular flexibility index (Phi) is 5.70. The molecule has 0 bridgehead atoms. The Morgan fingerprint density at radius 1 is 1.08 bits per heavy atom. The second-order valence-electron chi connectivity index (χ2n) is 7.33. The van der Waals surface area contributed by atoms with Gasteiger partial charge in [0.1, 0.15) is 0 Å². The number of aromatic nitrogens is 1. The SMILES string of the molecule is Cc1[nH]c2ccccc2c1C1CCN(C(=O)C2CCNCC2)CC1.Cl. The number of fused-ring (bicyclic) bond motifs is 1. The maximum absolute atomic E-state index is 12.7. The standard InChI is InChI=1S/C20H27N3O.ClH/c1-14-19(17-4-2-3-5-18(17)22-14)15-8-12-23(13-9-15)20(24)16-6-10-21-11-7-16;/h2-5,15-16,21-22H,6-13H2,1H3;1H. The van der Waals surface area contributed by atoms with Crippen molar-refractivity contribution in [1.29, 1.82) is 0 Å². The van der Waals surface area contributed by atoms with Gasteiger partial charge in [-0.05, 0) is 63.2 Å². The van der Waals surface area contributed by atoms with Gasteiger partial charge in [-0.3, -0.25) is 4.79 Å². The van der Waals surface area contributed by atoms with Gasteiger partial charge < -0.3 is 15.2 Å². The van der Waals surface area contributed by atoms with Crippen molar-refractivity contribution in [2.75, 3.05) is 26.2 Å². The van der Waals surface area contributed by atoms with Crippen molar-refractivity contribution in [1.82, 2.24) is 15.2 Å². The van der Waals surface area contributed by atoms with E-state index in [0.717, 1.165) is 51.9 Å². The van der Waals surface area contributed by atoms with Gasteiger partial charge in [0.15, 0.2) is 0 Å². The van der Waals surface area contributed by atoms with Gasteiger partial charge in [0, 0.05) is 35.6 Å². The third-order valence-corrected chi connectivity index (χ3v) is 5.85. The number of aromatic amines is 1. The number of piperidine rings is 2. The molecule has 1 aromatic heterocycles. The Labute approximate surface area is 155 Å². The van der Waals surface area contributed by atoms with Gasteiger partial charge in [-0.25, -0.2) is 0 Å². The first-order valence-corrected chi connectivity index (χ1v) is 9.30. The third kappa shape index (κ3) is 3.56. The fraction of sp³-hybridized carbons (Fsp3) is 0.550. The zero-order chi connectivity index (χ0) is 16.5. The maximum atomic E-state index is 12.7. The number of benzene rings is 1. The topological polar surface area (TPSA) is 48.1 Å². The molecule has 0 atom stereocenters. The number of aryl methyl sites for hydroxylation is 1. The van der Waals surface area contributed by atoms with E-state index in [9.17, 15) is 4.79 Å². The van der Waals surface area contributed by atoms with Crippen LogP contribution in [0.5, 0.6) is 0 Å². The Morgan fingerprint density at radius 3 is 2.48 bits per heavy atom. The van der Waals surface area contributed by atoms with Crippen LogP contribution in [-0.4, -0.2) is 42.0 Å². The van der Waals surface area contributed by atoms with E-state index in [0.29, 0.717) is 11.8 Å². The van der Waals surface area contributed by atoms with Gasteiger partial charge in [-0.1, -0.05) is 18.2 Å². The zero-order valence-electron chi connectivity index (χ0n) is 14.9. The summed E-state index contributed by atoms with van der Waals surface area (Å²) in [6.45, 7) is 5.98. The summed E-state index contributed by atoms with van der Waals surface area (Å²) in [5.74, 6) is 1.21. The Balaban J connectivity index is 0.00000182. The summed E-state index contributed by atoms with van der Waals surface area (Å²) in [4.78, 5) is 18.4. The molecule has 1 amide bonds. The molecule has 1 aromatic carbocycles. The van der Waals surface area contributed by atoms with E-state index in [2.05, 4.69) is 46.4 Å². The fourth-order valence-corrected chi connectivity index (χ4v) is 4.54. The minimum Gasteiger partial charge on any atom is -0.358 e. The summed E-state index contributed by atoms with van der Waals surface area (Å²) in [6.07, 6.45) is 4.17. The van der Waals surface area contributed by atoms with Crippen LogP contribution in [-0.2, 0) is 4.79 Å². The van der Waals surface area contributed by atoms with Gasteiger partial charge in [0.05, 0.1) is 0 Å². The predicted octanol–water partition coefficient (Wildman–Crippen LogP) is 3.60. The maximum Gasteiger partial charge on any atom is 0.225 e. The van der Waals surface area contributed by atoms with Gasteiger partial charge in [0.2, 0.25) is 5.91 Å². The Hall–Kier alpha value is -1.52. The molecule has 136 valence electrons. The number of H-pyrrole nitrogens is 1. The molecule has 5 heteroatoms. The monoisotopic (exact) mass is 361 g/mol. The smallest absolute Gasteiger partial charge is 0.225 e. The van der Waals surface area contributed by atoms with Crippen LogP contribution in [0.1, 0.15) is 42.9 Å². The number of halogens is 1. The summed E-state index contributed by atoms with van der Waals surface area (Å²) in [5.41, 5.74) is 4.00. The average Bonchev–Trinajstić information content (AvgIpc) is 2.98. The molecule has 4 nitrogen and oxygen atoms in total. The molecule has 4 rings (SSSR count). The van der Waals surface area contributed by atoms with Crippen LogP contribution >= 0.6 is 12.4 Å². The van der Waals surface area contributed by atoms with Crippen LogP contribution in [0.4, 0.5) is 0 Å². The Morgan fingerprint density at radius 2 is 1.76 bits per heavy atom. The van der Waals surface area contributed by atoms with Crippen molar-refractivity contribution in [2.24, 2.45) is 5.92 Å². The molecule has 0 radical (unpaired) electrons. The molecule has 2 fully saturated rings. The van der Waals surface area contributed by atoms with Crippen LogP contribution in [0.25, 0.3) is 10.9 Å². The third-order valence-electron chi connectivity index (χ3n) is 5.85. The molecule has 2 aromatic rings. The molecule has 0 aliphatic carbocycles. The van der Waals surface area contributed by atoms with Gasteiger partial charge >= 0.3 is 0 Å². The number of nitrogens with zero attached hydrogens (tertiary/aromatic N) is 1. The number of carbonyl (C=O) groups excluding carboxylic acids is 1. The lowest BCUT2D eigenvalue weighted by Crippen LogP contribution is -2.44. The summed E-state index contributed by atoms with van der Waals surface area (Å²) in [7, 11) is 0. The molecule has 0 unspecified atom stereocenters. The van der Waals surface area contributed by atoms with E-state index in [1.54, 1.807) is 0 Å². The van der Waals surface area contributed by atoms with E-state index in [1.807, 2.05) is 0 Å². The highest BCUT2D eigenvalue weighted by molar-refractivity contribution is 5.86. The molecular weight excluding hydrogens is 334 g/mol. The van der Waals surface area contributed by atoms with Crippen LogP contribution in [0, 0.1) is 12.8 Å². The van der Waals surface area contributed by atoms with Crippen LogP contribution < -0.4 is 5.32 Å². The highest BCUT2D eigenvalue weighted by atomic mass is 35.5. The van der Waals surface area contributed by atoms with E-state index >= 15 is 0 Å². The van der Waals surface area contributed by atoms with Crippen LogP contribution in [0.15, 0.2) is 24.3 Å². The second-order valence-corrected chi connectivity index (χ2v) is 7.33. The fourth-order valence-electron chi connectivity index (χ4n) is 4.54. The lowest BCUT2D eigenvalue weighted by Gasteiger charge is -2.35. The number of nitrogens with one attached hydrogen (secondary N) is 2. The number of hydrogen-bond donors (Lipinski definition) is 2. The average molecular weight is 362 g/mol. The van der Waals surface area contributed by atoms with Crippen molar-refractivity contribution in [2.45, 2.75) is 38.5 Å². The number of rotatable bonds is 2. The first kappa shape index (κ1) is 18.3. The normalized spacial score (nSPS) is 19.8. The van der Waals surface area contributed by atoms with E-state index in [-0.39, 0.29) is 18.3 Å². The molecule has 2 saturated heterocycles. The van der Waals surface area contributed by atoms with E-state index < -0.39 is 0 Å². The highest BCUT2D eigenvalue weighted by Crippen LogP contribution is 2.36. The second kappa shape index (κ2) is 7.79. The largest absolute Gasteiger partial charge is 0.358 e. The zero-order valence-corrected chi connectivity index (χ0v) is 15.7. The lowest BCUT2D eigenvalue weighted by atomic mass is 9.86. The van der Waals surface area contributed by atoms with Crippen LogP contribution in [0.2, 0.25) is 0 Å². The number of hydrogen-bond acceptors (Lipinski definition) is 2. The first-order valence-electron chi connectivity index (χ1n) is 9.30. The Bertz CT molecular complexity index is 728. The van der Waals surface area contributed by atoms with Gasteiger partial charge in [-0.2, -0.15) is 0 Å². The molecule has 2 aliphatic heterocycles. The number of likely N-dealkylation sites (tertiary alicyclic amines) is 1. The molecule has 0 saturated carbocycles. The molecule has 2 N–H and O–H groups in total. The summed E-state index contributed by atoms with van der Waals surface area (Å²) in [6, 6.07) is 8.58. The minimum atomic E-state index is 0. The minimum absolute atomic E-state index is 0. The van der Waals surface area contributed by atoms with Crippen molar-refractivity contribution in [3.05, 3.63) is 35.5 Å². The molecule has 0 spiro atoms. The molecule has 2 aliphatic rings. The highest BCUT2D eigenvalue weighted by Gasteiger charge is 2.30. The van der Waals surface area contributed by atoms with Crippen molar-refractivity contribution in [3.63, 3.8) is 0 Å². The predicted molar refractivity (Wildman–Crippen MR) is 104 cm³/mol. The van der Waals surface area contributed by atoms with Gasteiger partial charge in [0.25, 0.3) is 0 Å². The van der Waals surface area contributed by atoms with E-state index in [1.165, 1.54) is 22.2 Å². The van der Waals surface area contributed by atoms with Gasteiger partial charge in [-0.15, -0.1) is 12.4 Å². The van der Waals surface area contributed by atoms with Crippen molar-refractivity contribution < 1.29 is 4.79 Å². The number of amides is 1. The number of para-hydroxylation sites is 1. The van der Waals surface area contributed by atoms with Crippen molar-refractivity contribution in [3.8, 4) is 0 Å². The van der Waals surface area contributed by atoms with E-state index in [4.69, 9.17) is 0 Å².